The largest absolute Gasteiger partial charge is 0.370 e. The lowest BCUT2D eigenvalue weighted by atomic mass is 10.1. The Morgan fingerprint density at radius 2 is 2.13 bits per heavy atom. The van der Waals surface area contributed by atoms with Gasteiger partial charge < -0.3 is 15.5 Å². The number of nitrogens with one attached hydrogen (secondary N) is 2. The average Bonchev–Trinajstić information content (AvgIpc) is 3.00. The molecule has 0 saturated carbocycles. The van der Waals surface area contributed by atoms with Gasteiger partial charge in [0, 0.05) is 24.3 Å². The number of likely N-dealkylation sites (N-methyl/N-ethyl adjacent to an activating group) is 1. The maximum absolute atomic E-state index is 4.79. The van der Waals surface area contributed by atoms with Crippen molar-refractivity contribution in [2.45, 2.75) is 64.0 Å². The smallest absolute Gasteiger partial charge is 0.129 e. The van der Waals surface area contributed by atoms with E-state index in [9.17, 15) is 0 Å². The Bertz CT molecular complexity index is 502. The number of unbranched alkanes of at least 4 members (excludes halogenated alkanes) is 2. The summed E-state index contributed by atoms with van der Waals surface area (Å²) in [6, 6.07) is 5.87. The molecule has 0 amide bonds. The molecule has 128 valence electrons. The number of hydrogen-bond donors (Lipinski definition) is 2. The fourth-order valence-corrected chi connectivity index (χ4v) is 3.97. The minimum atomic E-state index is 0.646. The number of fused-ring (bicyclic) bond motifs is 1. The topological polar surface area (TPSA) is 40.2 Å². The lowest BCUT2D eigenvalue weighted by Gasteiger charge is -2.27. The van der Waals surface area contributed by atoms with Crippen molar-refractivity contribution in [1.82, 2.24) is 15.2 Å². The molecule has 2 aliphatic heterocycles. The Kier molecular flexibility index (Phi) is 5.90. The zero-order valence-electron chi connectivity index (χ0n) is 14.8. The highest BCUT2D eigenvalue weighted by atomic mass is 15.2. The third kappa shape index (κ3) is 4.45. The van der Waals surface area contributed by atoms with Crippen LogP contribution in [0.3, 0.4) is 0 Å². The third-order valence-electron chi connectivity index (χ3n) is 5.45. The van der Waals surface area contributed by atoms with Gasteiger partial charge >= 0.3 is 0 Å². The van der Waals surface area contributed by atoms with Crippen molar-refractivity contribution in [3.63, 3.8) is 0 Å². The SMILES string of the molecule is C[C@H]1NCC[C@H]1N(C)CCCCCc1ccc2c(n1)NCCC2. The van der Waals surface area contributed by atoms with Crippen LogP contribution < -0.4 is 10.6 Å². The van der Waals surface area contributed by atoms with Crippen molar-refractivity contribution in [1.29, 1.82) is 0 Å². The van der Waals surface area contributed by atoms with Crippen LogP contribution in [0.4, 0.5) is 5.82 Å². The normalized spacial score (nSPS) is 23.8. The minimum absolute atomic E-state index is 0.646. The van der Waals surface area contributed by atoms with E-state index in [1.807, 2.05) is 0 Å². The first-order chi connectivity index (χ1) is 11.2. The van der Waals surface area contributed by atoms with Gasteiger partial charge in [-0.1, -0.05) is 12.5 Å². The average molecular weight is 316 g/mol. The number of anilines is 1. The monoisotopic (exact) mass is 316 g/mol. The summed E-state index contributed by atoms with van der Waals surface area (Å²) in [4.78, 5) is 7.34. The highest BCUT2D eigenvalue weighted by Gasteiger charge is 2.25. The fourth-order valence-electron chi connectivity index (χ4n) is 3.97. The van der Waals surface area contributed by atoms with E-state index >= 15 is 0 Å². The molecule has 1 saturated heterocycles. The predicted octanol–water partition coefficient (Wildman–Crippen LogP) is 2.83. The van der Waals surface area contributed by atoms with Crippen LogP contribution in [0.1, 0.15) is 50.3 Å². The van der Waals surface area contributed by atoms with Crippen LogP contribution >= 0.6 is 0 Å². The predicted molar refractivity (Wildman–Crippen MR) is 97.1 cm³/mol. The minimum Gasteiger partial charge on any atom is -0.370 e. The second kappa shape index (κ2) is 8.11. The molecule has 1 fully saturated rings. The number of nitrogens with zero attached hydrogens (tertiary/aromatic N) is 2. The maximum atomic E-state index is 4.79. The Morgan fingerprint density at radius 3 is 2.96 bits per heavy atom. The van der Waals surface area contributed by atoms with Crippen molar-refractivity contribution in [2.24, 2.45) is 0 Å². The van der Waals surface area contributed by atoms with Crippen LogP contribution in [0.2, 0.25) is 0 Å². The number of aryl methyl sites for hydroxylation is 2. The molecule has 23 heavy (non-hydrogen) atoms. The van der Waals surface area contributed by atoms with E-state index in [2.05, 4.69) is 41.6 Å². The van der Waals surface area contributed by atoms with E-state index in [0.717, 1.165) is 24.8 Å². The van der Waals surface area contributed by atoms with Crippen LogP contribution in [0.25, 0.3) is 0 Å². The first kappa shape index (κ1) is 16.7. The molecule has 2 aliphatic rings. The summed E-state index contributed by atoms with van der Waals surface area (Å²) in [6.45, 7) is 5.78. The summed E-state index contributed by atoms with van der Waals surface area (Å²) < 4.78 is 0. The Hall–Kier alpha value is -1.13. The van der Waals surface area contributed by atoms with E-state index in [0.29, 0.717) is 6.04 Å². The van der Waals surface area contributed by atoms with Crippen LogP contribution in [0.15, 0.2) is 12.1 Å². The number of hydrogen-bond acceptors (Lipinski definition) is 4. The van der Waals surface area contributed by atoms with E-state index < -0.39 is 0 Å². The zero-order valence-corrected chi connectivity index (χ0v) is 14.8. The third-order valence-corrected chi connectivity index (χ3v) is 5.45. The molecule has 0 unspecified atom stereocenters. The number of aromatic nitrogens is 1. The molecule has 1 aromatic heterocycles. The van der Waals surface area contributed by atoms with Gasteiger partial charge in [0.25, 0.3) is 0 Å². The van der Waals surface area contributed by atoms with E-state index in [-0.39, 0.29) is 0 Å². The number of rotatable bonds is 7. The Labute approximate surface area is 141 Å². The van der Waals surface area contributed by atoms with Gasteiger partial charge in [0.1, 0.15) is 5.82 Å². The standard InChI is InChI=1S/C19H32N4/c1-15-18(11-13-20-15)23(2)14-5-3-4-8-17-10-9-16-7-6-12-21-19(16)22-17/h9-10,15,18,20H,3-8,11-14H2,1-2H3,(H,21,22)/t15-,18-/m1/s1. The van der Waals surface area contributed by atoms with Crippen molar-refractivity contribution < 1.29 is 0 Å². The molecule has 0 bridgehead atoms. The van der Waals surface area contributed by atoms with Crippen LogP contribution in [-0.2, 0) is 12.8 Å². The number of pyridine rings is 1. The molecule has 0 aromatic carbocycles. The lowest BCUT2D eigenvalue weighted by Crippen LogP contribution is -2.40. The van der Waals surface area contributed by atoms with Crippen molar-refractivity contribution in [3.05, 3.63) is 23.4 Å². The van der Waals surface area contributed by atoms with Gasteiger partial charge in [-0.05, 0) is 77.2 Å². The highest BCUT2D eigenvalue weighted by molar-refractivity contribution is 5.46. The van der Waals surface area contributed by atoms with Crippen molar-refractivity contribution >= 4 is 5.82 Å². The summed E-state index contributed by atoms with van der Waals surface area (Å²) in [7, 11) is 2.28. The summed E-state index contributed by atoms with van der Waals surface area (Å²) >= 11 is 0. The summed E-state index contributed by atoms with van der Waals surface area (Å²) in [5, 5.41) is 6.97. The molecular weight excluding hydrogens is 284 g/mol. The van der Waals surface area contributed by atoms with Gasteiger partial charge in [0.15, 0.2) is 0 Å². The maximum Gasteiger partial charge on any atom is 0.129 e. The Balaban J connectivity index is 1.35. The van der Waals surface area contributed by atoms with Gasteiger partial charge in [-0.2, -0.15) is 0 Å². The van der Waals surface area contributed by atoms with Gasteiger partial charge in [0.2, 0.25) is 0 Å². The summed E-state index contributed by atoms with van der Waals surface area (Å²) in [6.07, 6.45) is 8.66. The van der Waals surface area contributed by atoms with E-state index in [1.54, 1.807) is 0 Å². The molecular formula is C19H32N4. The Morgan fingerprint density at radius 1 is 1.22 bits per heavy atom. The molecule has 4 nitrogen and oxygen atoms in total. The quantitative estimate of drug-likeness (QED) is 0.759. The molecule has 2 N–H and O–H groups in total. The first-order valence-electron chi connectivity index (χ1n) is 9.40. The van der Waals surface area contributed by atoms with Gasteiger partial charge in [-0.25, -0.2) is 4.98 Å². The summed E-state index contributed by atoms with van der Waals surface area (Å²) in [5.41, 5.74) is 2.64. The van der Waals surface area contributed by atoms with Crippen LogP contribution in [0.5, 0.6) is 0 Å². The van der Waals surface area contributed by atoms with Gasteiger partial charge in [-0.3, -0.25) is 0 Å². The molecule has 2 atom stereocenters. The van der Waals surface area contributed by atoms with E-state index in [4.69, 9.17) is 4.98 Å². The fraction of sp³-hybridized carbons (Fsp3) is 0.737. The summed E-state index contributed by atoms with van der Waals surface area (Å²) in [5.74, 6) is 1.14. The second-order valence-electron chi connectivity index (χ2n) is 7.23. The molecule has 4 heteroatoms. The zero-order chi connectivity index (χ0) is 16.1. The second-order valence-corrected chi connectivity index (χ2v) is 7.23. The molecule has 3 heterocycles. The molecule has 0 radical (unpaired) electrons. The van der Waals surface area contributed by atoms with Crippen molar-refractivity contribution in [3.8, 4) is 0 Å². The molecule has 0 aliphatic carbocycles. The van der Waals surface area contributed by atoms with Gasteiger partial charge in [-0.15, -0.1) is 0 Å². The van der Waals surface area contributed by atoms with Crippen LogP contribution in [-0.4, -0.2) is 48.6 Å². The first-order valence-corrected chi connectivity index (χ1v) is 9.40. The van der Waals surface area contributed by atoms with Crippen LogP contribution in [0, 0.1) is 0 Å². The molecule has 3 rings (SSSR count). The van der Waals surface area contributed by atoms with Gasteiger partial charge in [0.05, 0.1) is 0 Å². The molecule has 1 aromatic rings. The van der Waals surface area contributed by atoms with E-state index in [1.165, 1.54) is 62.9 Å². The van der Waals surface area contributed by atoms with Crippen molar-refractivity contribution in [2.75, 3.05) is 32.0 Å². The highest BCUT2D eigenvalue weighted by Crippen LogP contribution is 2.20. The molecule has 0 spiro atoms. The lowest BCUT2D eigenvalue weighted by molar-refractivity contribution is 0.224.